The summed E-state index contributed by atoms with van der Waals surface area (Å²) in [5, 5.41) is 4.56. The molecule has 8 aromatic rings. The van der Waals surface area contributed by atoms with Crippen LogP contribution in [0.25, 0.3) is 78.0 Å². The van der Waals surface area contributed by atoms with Gasteiger partial charge in [-0.3, -0.25) is 0 Å². The standard InChI is InChI=1S/C40H27N3O/c1-40(2)32-18-9-8-15-28(32)29-21-22-33-34(35(29)40)30-16-10-17-31(36(30)44-33)39-42-37(25-12-4-3-5-13-25)41-38(43-39)27-20-19-24-11-6-7-14-26(24)23-27/h3-23H,1-2H3. The summed E-state index contributed by atoms with van der Waals surface area (Å²) in [7, 11) is 0. The van der Waals surface area contributed by atoms with E-state index in [2.05, 4.69) is 111 Å². The Morgan fingerprint density at radius 1 is 0.523 bits per heavy atom. The van der Waals surface area contributed by atoms with Crippen molar-refractivity contribution in [3.63, 3.8) is 0 Å². The molecule has 4 heteroatoms. The van der Waals surface area contributed by atoms with Crippen LogP contribution in [-0.2, 0) is 5.41 Å². The average molecular weight is 566 g/mol. The highest BCUT2D eigenvalue weighted by Crippen LogP contribution is 2.53. The van der Waals surface area contributed by atoms with Crippen molar-refractivity contribution in [1.29, 1.82) is 0 Å². The molecule has 0 unspecified atom stereocenters. The minimum absolute atomic E-state index is 0.158. The third-order valence-corrected chi connectivity index (χ3v) is 9.10. The van der Waals surface area contributed by atoms with Gasteiger partial charge in [0.1, 0.15) is 11.2 Å². The van der Waals surface area contributed by atoms with Gasteiger partial charge >= 0.3 is 0 Å². The molecule has 4 nitrogen and oxygen atoms in total. The molecule has 0 fully saturated rings. The number of hydrogen-bond donors (Lipinski definition) is 0. The molecular weight excluding hydrogens is 538 g/mol. The van der Waals surface area contributed by atoms with E-state index in [4.69, 9.17) is 19.4 Å². The molecule has 44 heavy (non-hydrogen) atoms. The quantitative estimate of drug-likeness (QED) is 0.214. The van der Waals surface area contributed by atoms with Gasteiger partial charge in [-0.25, -0.2) is 15.0 Å². The van der Waals surface area contributed by atoms with Crippen molar-refractivity contribution in [2.45, 2.75) is 19.3 Å². The number of fused-ring (bicyclic) bond motifs is 8. The first-order valence-electron chi connectivity index (χ1n) is 15.0. The first kappa shape index (κ1) is 24.9. The molecule has 0 bridgehead atoms. The van der Waals surface area contributed by atoms with Crippen molar-refractivity contribution in [3.05, 3.63) is 139 Å². The first-order valence-corrected chi connectivity index (χ1v) is 15.0. The van der Waals surface area contributed by atoms with Crippen molar-refractivity contribution < 1.29 is 4.42 Å². The molecule has 9 rings (SSSR count). The molecular formula is C40H27N3O. The normalized spacial score (nSPS) is 13.4. The number of rotatable bonds is 3. The molecule has 0 radical (unpaired) electrons. The number of benzene rings is 6. The van der Waals surface area contributed by atoms with E-state index in [9.17, 15) is 0 Å². The van der Waals surface area contributed by atoms with Crippen molar-refractivity contribution in [2.24, 2.45) is 0 Å². The lowest BCUT2D eigenvalue weighted by molar-refractivity contribution is 0.657. The van der Waals surface area contributed by atoms with E-state index in [-0.39, 0.29) is 5.41 Å². The Morgan fingerprint density at radius 3 is 2.09 bits per heavy atom. The van der Waals surface area contributed by atoms with Crippen LogP contribution in [0.5, 0.6) is 0 Å². The number of para-hydroxylation sites is 1. The zero-order valence-electron chi connectivity index (χ0n) is 24.4. The molecule has 0 saturated carbocycles. The van der Waals surface area contributed by atoms with Crippen LogP contribution in [0.4, 0.5) is 0 Å². The second-order valence-electron chi connectivity index (χ2n) is 12.1. The number of aromatic nitrogens is 3. The summed E-state index contributed by atoms with van der Waals surface area (Å²) in [5.74, 6) is 1.85. The van der Waals surface area contributed by atoms with Gasteiger partial charge in [-0.1, -0.05) is 123 Å². The maximum Gasteiger partial charge on any atom is 0.167 e. The van der Waals surface area contributed by atoms with Crippen LogP contribution in [0.15, 0.2) is 132 Å². The minimum Gasteiger partial charge on any atom is -0.455 e. The summed E-state index contributed by atoms with van der Waals surface area (Å²) in [6.07, 6.45) is 0. The Morgan fingerprint density at radius 2 is 1.23 bits per heavy atom. The molecule has 2 aromatic heterocycles. The predicted molar refractivity (Wildman–Crippen MR) is 178 cm³/mol. The highest BCUT2D eigenvalue weighted by molar-refractivity contribution is 6.13. The summed E-state index contributed by atoms with van der Waals surface area (Å²) in [5.41, 5.74) is 9.46. The Labute approximate surface area is 254 Å². The summed E-state index contributed by atoms with van der Waals surface area (Å²) < 4.78 is 6.70. The Balaban J connectivity index is 1.30. The fourth-order valence-corrected chi connectivity index (χ4v) is 7.01. The van der Waals surface area contributed by atoms with E-state index in [1.807, 2.05) is 30.3 Å². The van der Waals surface area contributed by atoms with Gasteiger partial charge in [0.05, 0.1) is 5.56 Å². The number of furan rings is 1. The Hall–Kier alpha value is -5.61. The minimum atomic E-state index is -0.158. The summed E-state index contributed by atoms with van der Waals surface area (Å²) >= 11 is 0. The zero-order chi connectivity index (χ0) is 29.4. The van der Waals surface area contributed by atoms with E-state index < -0.39 is 0 Å². The Bertz CT molecular complexity index is 2420. The highest BCUT2D eigenvalue weighted by atomic mass is 16.3. The van der Waals surface area contributed by atoms with E-state index in [1.54, 1.807) is 0 Å². The van der Waals surface area contributed by atoms with Gasteiger partial charge in [0.15, 0.2) is 17.5 Å². The highest BCUT2D eigenvalue weighted by Gasteiger charge is 2.38. The van der Waals surface area contributed by atoms with E-state index in [1.165, 1.54) is 27.6 Å². The van der Waals surface area contributed by atoms with Gasteiger partial charge in [0, 0.05) is 27.3 Å². The summed E-state index contributed by atoms with van der Waals surface area (Å²) in [6, 6.07) is 44.1. The van der Waals surface area contributed by atoms with Crippen LogP contribution in [0.2, 0.25) is 0 Å². The zero-order valence-corrected chi connectivity index (χ0v) is 24.4. The number of hydrogen-bond acceptors (Lipinski definition) is 4. The van der Waals surface area contributed by atoms with Crippen LogP contribution in [0.1, 0.15) is 25.0 Å². The second-order valence-corrected chi connectivity index (χ2v) is 12.1. The molecule has 6 aromatic carbocycles. The van der Waals surface area contributed by atoms with Gasteiger partial charge in [-0.05, 0) is 51.2 Å². The molecule has 0 spiro atoms. The fraction of sp³-hybridized carbons (Fsp3) is 0.0750. The van der Waals surface area contributed by atoms with Gasteiger partial charge in [0.2, 0.25) is 0 Å². The van der Waals surface area contributed by atoms with E-state index in [0.29, 0.717) is 17.5 Å². The van der Waals surface area contributed by atoms with Crippen LogP contribution < -0.4 is 0 Å². The van der Waals surface area contributed by atoms with Gasteiger partial charge in [-0.2, -0.15) is 0 Å². The maximum atomic E-state index is 6.70. The SMILES string of the molecule is CC1(C)c2ccccc2-c2ccc3oc4c(-c5nc(-c6ccccc6)nc(-c6ccc7ccccc7c6)n5)cccc4c3c21. The summed E-state index contributed by atoms with van der Waals surface area (Å²) in [6.45, 7) is 4.63. The number of nitrogens with zero attached hydrogens (tertiary/aromatic N) is 3. The predicted octanol–water partition coefficient (Wildman–Crippen LogP) is 10.2. The van der Waals surface area contributed by atoms with E-state index in [0.717, 1.165) is 44.0 Å². The third kappa shape index (κ3) is 3.61. The van der Waals surface area contributed by atoms with Crippen LogP contribution >= 0.6 is 0 Å². The monoisotopic (exact) mass is 565 g/mol. The van der Waals surface area contributed by atoms with Gasteiger partial charge < -0.3 is 4.42 Å². The summed E-state index contributed by atoms with van der Waals surface area (Å²) in [4.78, 5) is 15.1. The molecule has 1 aliphatic carbocycles. The fourth-order valence-electron chi connectivity index (χ4n) is 7.01. The van der Waals surface area contributed by atoms with Crippen LogP contribution in [0, 0.1) is 0 Å². The largest absolute Gasteiger partial charge is 0.455 e. The molecule has 1 aliphatic rings. The average Bonchev–Trinajstić information content (AvgIpc) is 3.57. The van der Waals surface area contributed by atoms with Crippen molar-refractivity contribution in [1.82, 2.24) is 15.0 Å². The molecule has 2 heterocycles. The second kappa shape index (κ2) is 9.19. The van der Waals surface area contributed by atoms with E-state index >= 15 is 0 Å². The molecule has 0 atom stereocenters. The lowest BCUT2D eigenvalue weighted by Gasteiger charge is -2.22. The molecule has 0 saturated heterocycles. The molecule has 208 valence electrons. The third-order valence-electron chi connectivity index (χ3n) is 9.10. The smallest absolute Gasteiger partial charge is 0.167 e. The lowest BCUT2D eigenvalue weighted by Crippen LogP contribution is -2.15. The van der Waals surface area contributed by atoms with Crippen molar-refractivity contribution in [3.8, 4) is 45.3 Å². The first-order chi connectivity index (χ1) is 21.6. The lowest BCUT2D eigenvalue weighted by atomic mass is 9.80. The van der Waals surface area contributed by atoms with Gasteiger partial charge in [-0.15, -0.1) is 0 Å². The van der Waals surface area contributed by atoms with Gasteiger partial charge in [0.25, 0.3) is 0 Å². The van der Waals surface area contributed by atoms with Crippen LogP contribution in [0.3, 0.4) is 0 Å². The molecule has 0 N–H and O–H groups in total. The molecule has 0 aliphatic heterocycles. The van der Waals surface area contributed by atoms with Crippen LogP contribution in [-0.4, -0.2) is 15.0 Å². The topological polar surface area (TPSA) is 51.8 Å². The molecule has 0 amide bonds. The Kier molecular flexibility index (Phi) is 5.21. The van der Waals surface area contributed by atoms with Crippen molar-refractivity contribution in [2.75, 3.05) is 0 Å². The maximum absolute atomic E-state index is 6.70. The van der Waals surface area contributed by atoms with Crippen molar-refractivity contribution >= 4 is 32.7 Å².